The summed E-state index contributed by atoms with van der Waals surface area (Å²) in [6.07, 6.45) is 4.48. The number of aromatic amines is 1. The molecule has 4 aromatic carbocycles. The van der Waals surface area contributed by atoms with Gasteiger partial charge in [0.2, 0.25) is 0 Å². The second kappa shape index (κ2) is 8.28. The van der Waals surface area contributed by atoms with Crippen LogP contribution >= 0.6 is 7.26 Å². The number of hydrogen-bond acceptors (Lipinski definition) is 1. The first-order chi connectivity index (χ1) is 15.2. The predicted molar refractivity (Wildman–Crippen MR) is 133 cm³/mol. The molecule has 1 atom stereocenters. The summed E-state index contributed by atoms with van der Waals surface area (Å²) in [6, 6.07) is 32.4. The molecular formula is C28H25ClNOP. The standard InChI is InChI=1S/C28H24NOP.ClH/c30-22-13-14-27-25(17-22)26-19-31(16-15-28(26)29-27,23-10-2-1-3-11-23)18-21-9-6-8-20-7-4-5-12-24(20)21;/h1-14,17,29H,15-16,18-19H2;1H. The lowest BCUT2D eigenvalue weighted by atomic mass is 10.1. The summed E-state index contributed by atoms with van der Waals surface area (Å²) in [5, 5.41) is 15.5. The van der Waals surface area contributed by atoms with Gasteiger partial charge in [0.1, 0.15) is 5.75 Å². The van der Waals surface area contributed by atoms with E-state index in [9.17, 15) is 5.11 Å². The number of nitrogens with one attached hydrogen (secondary N) is 1. The third-order valence-electron chi connectivity index (χ3n) is 6.89. The third-order valence-corrected chi connectivity index (χ3v) is 11.2. The summed E-state index contributed by atoms with van der Waals surface area (Å²) < 4.78 is 0. The molecule has 1 unspecified atom stereocenters. The fourth-order valence-corrected chi connectivity index (χ4v) is 9.74. The number of fused-ring (bicyclic) bond motifs is 4. The average molecular weight is 458 g/mol. The number of aryl methyl sites for hydroxylation is 1. The van der Waals surface area contributed by atoms with Crippen LogP contribution in [0.3, 0.4) is 0 Å². The van der Waals surface area contributed by atoms with Gasteiger partial charge in [-0.3, -0.25) is 0 Å². The van der Waals surface area contributed by atoms with Crippen LogP contribution in [-0.4, -0.2) is 16.3 Å². The van der Waals surface area contributed by atoms with Crippen LogP contribution < -0.4 is 17.7 Å². The molecule has 6 rings (SSSR count). The maximum atomic E-state index is 10.1. The molecule has 160 valence electrons. The van der Waals surface area contributed by atoms with E-state index < -0.39 is 7.26 Å². The van der Waals surface area contributed by atoms with Crippen LogP contribution in [-0.2, 0) is 18.7 Å². The maximum absolute atomic E-state index is 10.1. The van der Waals surface area contributed by atoms with Crippen LogP contribution in [0.15, 0.2) is 91.0 Å². The highest BCUT2D eigenvalue weighted by Crippen LogP contribution is 2.66. The summed E-state index contributed by atoms with van der Waals surface area (Å²) in [5.41, 5.74) is 5.36. The van der Waals surface area contributed by atoms with Crippen molar-refractivity contribution in [1.82, 2.24) is 4.98 Å². The van der Waals surface area contributed by atoms with Crippen molar-refractivity contribution in [2.24, 2.45) is 0 Å². The van der Waals surface area contributed by atoms with Crippen molar-refractivity contribution >= 4 is 34.2 Å². The summed E-state index contributed by atoms with van der Waals surface area (Å²) >= 11 is 0. The highest BCUT2D eigenvalue weighted by Gasteiger charge is 2.45. The van der Waals surface area contributed by atoms with Gasteiger partial charge in [-0.25, -0.2) is 0 Å². The first kappa shape index (κ1) is 21.1. The fourth-order valence-electron chi connectivity index (χ4n) is 5.34. The number of phenols is 1. The quantitative estimate of drug-likeness (QED) is 0.399. The maximum Gasteiger partial charge on any atom is 0.116 e. The smallest absolute Gasteiger partial charge is 0.116 e. The van der Waals surface area contributed by atoms with Crippen LogP contribution in [0.2, 0.25) is 0 Å². The van der Waals surface area contributed by atoms with Crippen LogP contribution in [0.1, 0.15) is 16.8 Å². The number of halogens is 1. The molecule has 0 radical (unpaired) electrons. The Hall–Kier alpha value is -2.80. The number of phenolic OH excluding ortho intramolecular Hbond substituents is 1. The van der Waals surface area contributed by atoms with Crippen molar-refractivity contribution in [3.8, 4) is 5.75 Å². The molecule has 4 heteroatoms. The zero-order valence-electron chi connectivity index (χ0n) is 17.8. The molecule has 2 N–H and O–H groups in total. The van der Waals surface area contributed by atoms with E-state index in [1.165, 1.54) is 44.4 Å². The summed E-state index contributed by atoms with van der Waals surface area (Å²) in [4.78, 5) is 3.63. The summed E-state index contributed by atoms with van der Waals surface area (Å²) in [5.74, 6) is 0.345. The fraction of sp³-hybridized carbons (Fsp3) is 0.143. The van der Waals surface area contributed by atoms with Crippen LogP contribution in [0.4, 0.5) is 0 Å². The summed E-state index contributed by atoms with van der Waals surface area (Å²) in [7, 11) is -1.49. The third kappa shape index (κ3) is 3.48. The number of aromatic hydroxyl groups is 1. The lowest BCUT2D eigenvalue weighted by Crippen LogP contribution is -3.00. The van der Waals surface area contributed by atoms with Gasteiger partial charge in [0.05, 0.1) is 31.1 Å². The molecule has 0 saturated carbocycles. The molecule has 0 aliphatic carbocycles. The predicted octanol–water partition coefficient (Wildman–Crippen LogP) is 3.63. The largest absolute Gasteiger partial charge is 1.00 e. The second-order valence-electron chi connectivity index (χ2n) is 8.72. The van der Waals surface area contributed by atoms with Gasteiger partial charge in [-0.15, -0.1) is 0 Å². The van der Waals surface area contributed by atoms with E-state index in [4.69, 9.17) is 0 Å². The second-order valence-corrected chi connectivity index (χ2v) is 12.6. The van der Waals surface area contributed by atoms with Gasteiger partial charge in [-0.05, 0) is 46.7 Å². The lowest BCUT2D eigenvalue weighted by Gasteiger charge is -2.31. The van der Waals surface area contributed by atoms with E-state index in [2.05, 4.69) is 77.8 Å². The van der Waals surface area contributed by atoms with Crippen LogP contribution in [0.5, 0.6) is 5.75 Å². The molecule has 2 nitrogen and oxygen atoms in total. The van der Waals surface area contributed by atoms with Gasteiger partial charge in [-0.2, -0.15) is 0 Å². The van der Waals surface area contributed by atoms with E-state index in [0.717, 1.165) is 24.3 Å². The van der Waals surface area contributed by atoms with Crippen molar-refractivity contribution in [1.29, 1.82) is 0 Å². The van der Waals surface area contributed by atoms with E-state index in [0.29, 0.717) is 5.75 Å². The van der Waals surface area contributed by atoms with Crippen molar-refractivity contribution in [3.05, 3.63) is 108 Å². The minimum atomic E-state index is -1.49. The molecule has 0 fully saturated rings. The van der Waals surface area contributed by atoms with Gasteiger partial charge < -0.3 is 22.5 Å². The molecular weight excluding hydrogens is 433 g/mol. The van der Waals surface area contributed by atoms with E-state index >= 15 is 0 Å². The Bertz CT molecular complexity index is 1410. The van der Waals surface area contributed by atoms with Gasteiger partial charge in [0, 0.05) is 28.6 Å². The minimum absolute atomic E-state index is 0. The zero-order chi connectivity index (χ0) is 20.8. The molecule has 5 aromatic rings. The molecule has 2 heterocycles. The first-order valence-corrected chi connectivity index (χ1v) is 13.3. The number of aromatic nitrogens is 1. The highest BCUT2D eigenvalue weighted by molar-refractivity contribution is 7.81. The Kier molecular flexibility index (Phi) is 5.45. The normalized spacial score (nSPS) is 17.8. The number of benzene rings is 4. The minimum Gasteiger partial charge on any atom is -1.00 e. The number of H-pyrrole nitrogens is 1. The molecule has 0 spiro atoms. The zero-order valence-corrected chi connectivity index (χ0v) is 19.4. The van der Waals surface area contributed by atoms with Gasteiger partial charge in [0.25, 0.3) is 0 Å². The van der Waals surface area contributed by atoms with Crippen molar-refractivity contribution in [2.45, 2.75) is 18.7 Å². The lowest BCUT2D eigenvalue weighted by molar-refractivity contribution is -0.00000717. The van der Waals surface area contributed by atoms with Crippen molar-refractivity contribution in [2.75, 3.05) is 6.16 Å². The molecule has 0 bridgehead atoms. The average Bonchev–Trinajstić information content (AvgIpc) is 3.17. The van der Waals surface area contributed by atoms with Crippen LogP contribution in [0, 0.1) is 0 Å². The number of rotatable bonds is 3. The topological polar surface area (TPSA) is 36.0 Å². The molecule has 1 aromatic heterocycles. The summed E-state index contributed by atoms with van der Waals surface area (Å²) in [6.45, 7) is 0. The van der Waals surface area contributed by atoms with Crippen molar-refractivity contribution < 1.29 is 17.5 Å². The Balaban J connectivity index is 0.00000216. The monoisotopic (exact) mass is 457 g/mol. The van der Waals surface area contributed by atoms with E-state index in [1.807, 2.05) is 12.1 Å². The Morgan fingerprint density at radius 3 is 2.47 bits per heavy atom. The molecule has 0 amide bonds. The molecule has 0 saturated heterocycles. The van der Waals surface area contributed by atoms with E-state index in [-0.39, 0.29) is 12.4 Å². The molecule has 1 aliphatic heterocycles. The molecule has 1 aliphatic rings. The Labute approximate surface area is 195 Å². The van der Waals surface area contributed by atoms with E-state index in [1.54, 1.807) is 6.07 Å². The van der Waals surface area contributed by atoms with Gasteiger partial charge >= 0.3 is 0 Å². The van der Waals surface area contributed by atoms with Crippen LogP contribution in [0.25, 0.3) is 21.7 Å². The van der Waals surface area contributed by atoms with Gasteiger partial charge in [-0.1, -0.05) is 60.7 Å². The molecule has 32 heavy (non-hydrogen) atoms. The Morgan fingerprint density at radius 2 is 1.59 bits per heavy atom. The highest BCUT2D eigenvalue weighted by atomic mass is 35.5. The van der Waals surface area contributed by atoms with Crippen molar-refractivity contribution in [3.63, 3.8) is 0 Å². The SMILES string of the molecule is Oc1ccc2[nH]c3c(c2c1)C[P+](Cc1cccc2ccccc12)(c1ccccc1)CC3.[Cl-]. The Morgan fingerprint density at radius 1 is 0.812 bits per heavy atom. The number of hydrogen-bond donors (Lipinski definition) is 2. The van der Waals surface area contributed by atoms with Gasteiger partial charge in [0.15, 0.2) is 0 Å². The first-order valence-electron chi connectivity index (χ1n) is 10.9.